The number of nitrogens with two attached hydrogens (primary N) is 1. The van der Waals surface area contributed by atoms with Crippen molar-refractivity contribution in [1.82, 2.24) is 4.98 Å². The van der Waals surface area contributed by atoms with E-state index >= 15 is 0 Å². The Bertz CT molecular complexity index is 935. The molecule has 3 aromatic rings. The maximum atomic E-state index is 12.6. The van der Waals surface area contributed by atoms with Gasteiger partial charge >= 0.3 is 0 Å². The van der Waals surface area contributed by atoms with Gasteiger partial charge in [0.15, 0.2) is 11.7 Å². The van der Waals surface area contributed by atoms with E-state index in [1.807, 2.05) is 69.3 Å². The summed E-state index contributed by atoms with van der Waals surface area (Å²) in [7, 11) is 0. The molecule has 0 saturated carbocycles. The lowest BCUT2D eigenvalue weighted by molar-refractivity contribution is -0.120. The predicted molar refractivity (Wildman–Crippen MR) is 111 cm³/mol. The minimum absolute atomic E-state index is 0.0101. The predicted octanol–water partition coefficient (Wildman–Crippen LogP) is 4.44. The van der Waals surface area contributed by atoms with Crippen LogP contribution in [0.2, 0.25) is 0 Å². The molecule has 2 N–H and O–H groups in total. The molecule has 2 aromatic carbocycles. The number of nitrogens with zero attached hydrogens (tertiary/aromatic N) is 2. The van der Waals surface area contributed by atoms with E-state index in [1.165, 1.54) is 11.3 Å². The van der Waals surface area contributed by atoms with Crippen LogP contribution in [0.3, 0.4) is 0 Å². The first kappa shape index (κ1) is 18.9. The number of amides is 1. The topological polar surface area (TPSA) is 68.5 Å². The smallest absolute Gasteiger partial charge is 0.264 e. The Morgan fingerprint density at radius 3 is 2.52 bits per heavy atom. The number of nitrogen functional groups attached to an aromatic ring is 1. The molecule has 5 nitrogen and oxygen atoms in total. The number of hydrogen-bond acceptors (Lipinski definition) is 5. The Morgan fingerprint density at radius 2 is 1.93 bits per heavy atom. The first-order valence-electron chi connectivity index (χ1n) is 8.81. The van der Waals surface area contributed by atoms with Crippen molar-refractivity contribution in [3.8, 4) is 17.0 Å². The van der Waals surface area contributed by atoms with Crippen LogP contribution in [0.25, 0.3) is 11.3 Å². The number of carbonyl (C=O) groups is 1. The summed E-state index contributed by atoms with van der Waals surface area (Å²) in [6.45, 7) is 6.55. The van der Waals surface area contributed by atoms with Crippen molar-refractivity contribution >= 4 is 28.1 Å². The van der Waals surface area contributed by atoms with E-state index in [1.54, 1.807) is 4.90 Å². The van der Waals surface area contributed by atoms with Gasteiger partial charge in [0.1, 0.15) is 5.75 Å². The first-order valence-corrected chi connectivity index (χ1v) is 9.62. The highest BCUT2D eigenvalue weighted by Crippen LogP contribution is 2.29. The van der Waals surface area contributed by atoms with Gasteiger partial charge in [-0.25, -0.2) is 4.98 Å². The molecular formula is C21H23N3O2S. The van der Waals surface area contributed by atoms with Crippen LogP contribution in [0.4, 0.5) is 10.8 Å². The molecule has 1 heterocycles. The van der Waals surface area contributed by atoms with Crippen molar-refractivity contribution in [1.29, 1.82) is 0 Å². The molecule has 1 aromatic heterocycles. The molecule has 0 spiro atoms. The van der Waals surface area contributed by atoms with Crippen LogP contribution in [-0.2, 0) is 4.79 Å². The van der Waals surface area contributed by atoms with Crippen LogP contribution < -0.4 is 15.4 Å². The highest BCUT2D eigenvalue weighted by atomic mass is 32.1. The van der Waals surface area contributed by atoms with Crippen LogP contribution in [0.1, 0.15) is 17.4 Å². The fourth-order valence-electron chi connectivity index (χ4n) is 2.92. The zero-order valence-electron chi connectivity index (χ0n) is 15.7. The maximum absolute atomic E-state index is 12.6. The molecule has 0 aliphatic carbocycles. The summed E-state index contributed by atoms with van der Waals surface area (Å²) in [5.74, 6) is 0.573. The summed E-state index contributed by atoms with van der Waals surface area (Å²) >= 11 is 1.47. The van der Waals surface area contributed by atoms with E-state index in [-0.39, 0.29) is 12.5 Å². The van der Waals surface area contributed by atoms with Crippen molar-refractivity contribution < 1.29 is 9.53 Å². The minimum atomic E-state index is -0.0738. The minimum Gasteiger partial charge on any atom is -0.484 e. The Balaban J connectivity index is 1.65. The third kappa shape index (κ3) is 4.46. The second kappa shape index (κ2) is 8.22. The van der Waals surface area contributed by atoms with Gasteiger partial charge in [0.25, 0.3) is 5.91 Å². The number of aromatic nitrogens is 1. The molecule has 3 rings (SSSR count). The summed E-state index contributed by atoms with van der Waals surface area (Å²) in [5.41, 5.74) is 9.64. The van der Waals surface area contributed by atoms with Crippen LogP contribution in [0, 0.1) is 13.8 Å². The molecule has 6 heteroatoms. The summed E-state index contributed by atoms with van der Waals surface area (Å²) in [5, 5.41) is 0.559. The summed E-state index contributed by atoms with van der Waals surface area (Å²) in [4.78, 5) is 19.7. The third-order valence-electron chi connectivity index (χ3n) is 4.23. The van der Waals surface area contributed by atoms with Gasteiger partial charge in [0.05, 0.1) is 5.69 Å². The molecule has 27 heavy (non-hydrogen) atoms. The number of benzene rings is 2. The molecule has 1 amide bonds. The normalized spacial score (nSPS) is 10.6. The van der Waals surface area contributed by atoms with Crippen LogP contribution in [0.5, 0.6) is 5.75 Å². The monoisotopic (exact) mass is 381 g/mol. The van der Waals surface area contributed by atoms with Crippen LogP contribution in [-0.4, -0.2) is 24.0 Å². The summed E-state index contributed by atoms with van der Waals surface area (Å²) < 4.78 is 5.69. The van der Waals surface area contributed by atoms with Gasteiger partial charge in [-0.15, -0.1) is 11.3 Å². The molecular weight excluding hydrogens is 358 g/mol. The number of hydrogen-bond donors (Lipinski definition) is 1. The molecule has 0 saturated heterocycles. The van der Waals surface area contributed by atoms with Gasteiger partial charge in [-0.3, -0.25) is 4.79 Å². The second-order valence-corrected chi connectivity index (χ2v) is 7.48. The van der Waals surface area contributed by atoms with Crippen molar-refractivity contribution in [3.05, 3.63) is 59.0 Å². The number of thiazole rings is 1. The summed E-state index contributed by atoms with van der Waals surface area (Å²) in [6, 6.07) is 15.5. The van der Waals surface area contributed by atoms with Crippen molar-refractivity contribution in [3.63, 3.8) is 0 Å². The maximum Gasteiger partial charge on any atom is 0.264 e. The number of carbonyl (C=O) groups excluding carboxylic acids is 1. The van der Waals surface area contributed by atoms with Crippen LogP contribution >= 0.6 is 11.3 Å². The molecule has 0 unspecified atom stereocenters. The van der Waals surface area contributed by atoms with Gasteiger partial charge < -0.3 is 15.4 Å². The van der Waals surface area contributed by atoms with Crippen molar-refractivity contribution in [2.45, 2.75) is 20.8 Å². The number of ether oxygens (including phenoxy) is 1. The number of rotatable bonds is 6. The Morgan fingerprint density at radius 1 is 1.19 bits per heavy atom. The Labute approximate surface area is 163 Å². The van der Waals surface area contributed by atoms with Gasteiger partial charge in [-0.1, -0.05) is 12.1 Å². The molecule has 0 bridgehead atoms. The highest BCUT2D eigenvalue weighted by Gasteiger charge is 2.15. The van der Waals surface area contributed by atoms with Gasteiger partial charge in [-0.2, -0.15) is 0 Å². The molecule has 0 radical (unpaired) electrons. The number of likely N-dealkylation sites (N-methyl/N-ethyl adjacent to an activating group) is 1. The van der Waals surface area contributed by atoms with E-state index in [4.69, 9.17) is 10.5 Å². The molecule has 140 valence electrons. The van der Waals surface area contributed by atoms with Crippen LogP contribution in [0.15, 0.2) is 48.5 Å². The summed E-state index contributed by atoms with van der Waals surface area (Å²) in [6.07, 6.45) is 0. The largest absolute Gasteiger partial charge is 0.484 e. The van der Waals surface area contributed by atoms with Crippen molar-refractivity contribution in [2.75, 3.05) is 23.8 Å². The van der Waals surface area contributed by atoms with Gasteiger partial charge in [0, 0.05) is 22.7 Å². The number of anilines is 2. The van der Waals surface area contributed by atoms with E-state index in [0.29, 0.717) is 17.4 Å². The fourth-order valence-corrected chi connectivity index (χ4v) is 3.63. The third-order valence-corrected chi connectivity index (χ3v) is 5.03. The van der Waals surface area contributed by atoms with E-state index in [9.17, 15) is 4.79 Å². The van der Waals surface area contributed by atoms with Gasteiger partial charge in [0.2, 0.25) is 0 Å². The lowest BCUT2D eigenvalue weighted by Gasteiger charge is -2.21. The second-order valence-electron chi connectivity index (χ2n) is 6.25. The highest BCUT2D eigenvalue weighted by molar-refractivity contribution is 7.15. The quantitative estimate of drug-likeness (QED) is 0.685. The van der Waals surface area contributed by atoms with E-state index < -0.39 is 0 Å². The Hall–Kier alpha value is -2.86. The van der Waals surface area contributed by atoms with E-state index in [2.05, 4.69) is 4.98 Å². The first-order chi connectivity index (χ1) is 13.0. The van der Waals surface area contributed by atoms with Crippen molar-refractivity contribution in [2.24, 2.45) is 0 Å². The fraction of sp³-hybridized carbons (Fsp3) is 0.238. The zero-order valence-corrected chi connectivity index (χ0v) is 16.5. The average molecular weight is 382 g/mol. The van der Waals surface area contributed by atoms with Gasteiger partial charge in [-0.05, 0) is 62.7 Å². The molecule has 0 fully saturated rings. The molecule has 0 atom stereocenters. The zero-order chi connectivity index (χ0) is 19.4. The molecule has 0 aliphatic rings. The lowest BCUT2D eigenvalue weighted by Crippen LogP contribution is -2.34. The van der Waals surface area contributed by atoms with E-state index in [0.717, 1.165) is 27.4 Å². The standard InChI is InChI=1S/C21H23N3O2S/c1-4-24(17-7-5-6-14(2)12-17)19(25)13-26-18-10-8-16(9-11-18)20-15(3)27-21(22)23-20/h5-12H,4,13H2,1-3H3,(H2,22,23). The average Bonchev–Trinajstić information content (AvgIpc) is 2.99. The molecule has 0 aliphatic heterocycles. The number of aryl methyl sites for hydroxylation is 2. The Kier molecular flexibility index (Phi) is 5.76. The SMILES string of the molecule is CCN(C(=O)COc1ccc(-c2nc(N)sc2C)cc1)c1cccc(C)c1. The lowest BCUT2D eigenvalue weighted by atomic mass is 10.1.